The molecule has 2 aromatic rings. The molecule has 0 spiro atoms. The Morgan fingerprint density at radius 2 is 1.85 bits per heavy atom. The van der Waals surface area contributed by atoms with E-state index in [1.54, 1.807) is 14.2 Å². The summed E-state index contributed by atoms with van der Waals surface area (Å²) in [7, 11) is 3.29. The summed E-state index contributed by atoms with van der Waals surface area (Å²) in [5, 5.41) is 0. The molecular weight excluding hydrogens is 328 g/mol. The summed E-state index contributed by atoms with van der Waals surface area (Å²) in [6.07, 6.45) is 2.76. The summed E-state index contributed by atoms with van der Waals surface area (Å²) in [6, 6.07) is 14.6. The fourth-order valence-electron chi connectivity index (χ4n) is 4.39. The van der Waals surface area contributed by atoms with Gasteiger partial charge in [-0.25, -0.2) is 0 Å². The SMILES string of the molecule is COc1ccc([C@@H]2C[C@@H]3C(=O)OC[C@H]3CCc3ccccc32)cc1OC. The van der Waals surface area contributed by atoms with E-state index in [9.17, 15) is 4.79 Å². The van der Waals surface area contributed by atoms with Gasteiger partial charge in [-0.2, -0.15) is 0 Å². The predicted octanol–water partition coefficient (Wildman–Crippen LogP) is 3.96. The van der Waals surface area contributed by atoms with Crippen LogP contribution in [0.5, 0.6) is 11.5 Å². The van der Waals surface area contributed by atoms with Gasteiger partial charge in [0.2, 0.25) is 0 Å². The van der Waals surface area contributed by atoms with Crippen LogP contribution in [-0.2, 0) is 16.0 Å². The van der Waals surface area contributed by atoms with Crippen molar-refractivity contribution in [2.24, 2.45) is 11.8 Å². The molecule has 4 nitrogen and oxygen atoms in total. The van der Waals surface area contributed by atoms with Crippen LogP contribution in [0.3, 0.4) is 0 Å². The van der Waals surface area contributed by atoms with Gasteiger partial charge in [0.1, 0.15) is 0 Å². The molecule has 3 atom stereocenters. The van der Waals surface area contributed by atoms with Crippen LogP contribution in [0.1, 0.15) is 35.4 Å². The molecule has 1 fully saturated rings. The monoisotopic (exact) mass is 352 g/mol. The Morgan fingerprint density at radius 3 is 2.65 bits per heavy atom. The van der Waals surface area contributed by atoms with Gasteiger partial charge in [-0.15, -0.1) is 0 Å². The Kier molecular flexibility index (Phi) is 4.58. The first-order valence-corrected chi connectivity index (χ1v) is 9.17. The van der Waals surface area contributed by atoms with E-state index in [0.717, 1.165) is 30.6 Å². The second-order valence-electron chi connectivity index (χ2n) is 7.14. The van der Waals surface area contributed by atoms with Gasteiger partial charge in [-0.1, -0.05) is 30.3 Å². The highest BCUT2D eigenvalue weighted by molar-refractivity contribution is 5.75. The average Bonchev–Trinajstić information content (AvgIpc) is 3.01. The molecule has 26 heavy (non-hydrogen) atoms. The largest absolute Gasteiger partial charge is 0.493 e. The van der Waals surface area contributed by atoms with Gasteiger partial charge >= 0.3 is 5.97 Å². The molecule has 1 aliphatic carbocycles. The topological polar surface area (TPSA) is 44.8 Å². The summed E-state index contributed by atoms with van der Waals surface area (Å²) < 4.78 is 16.3. The summed E-state index contributed by atoms with van der Waals surface area (Å²) in [5.74, 6) is 1.83. The molecule has 136 valence electrons. The summed E-state index contributed by atoms with van der Waals surface area (Å²) in [4.78, 5) is 12.3. The third kappa shape index (κ3) is 2.94. The number of hydrogen-bond acceptors (Lipinski definition) is 4. The number of rotatable bonds is 3. The Morgan fingerprint density at radius 1 is 1.04 bits per heavy atom. The number of hydrogen-bond donors (Lipinski definition) is 0. The fourth-order valence-corrected chi connectivity index (χ4v) is 4.39. The highest BCUT2D eigenvalue weighted by Gasteiger charge is 2.40. The maximum atomic E-state index is 12.3. The Labute approximate surface area is 154 Å². The summed E-state index contributed by atoms with van der Waals surface area (Å²) >= 11 is 0. The molecule has 0 N–H and O–H groups in total. The van der Waals surface area contributed by atoms with Crippen molar-refractivity contribution in [3.63, 3.8) is 0 Å². The van der Waals surface area contributed by atoms with Crippen molar-refractivity contribution in [2.45, 2.75) is 25.2 Å². The molecule has 0 amide bonds. The van der Waals surface area contributed by atoms with Gasteiger partial charge in [0, 0.05) is 11.8 Å². The molecule has 0 unspecified atom stereocenters. The van der Waals surface area contributed by atoms with Gasteiger partial charge in [0.25, 0.3) is 0 Å². The van der Waals surface area contributed by atoms with Crippen molar-refractivity contribution in [2.75, 3.05) is 20.8 Å². The normalized spacial score (nSPS) is 24.7. The van der Waals surface area contributed by atoms with Crippen molar-refractivity contribution in [1.29, 1.82) is 0 Å². The molecule has 2 aliphatic rings. The number of carbonyl (C=O) groups excluding carboxylic acids is 1. The van der Waals surface area contributed by atoms with Gasteiger partial charge < -0.3 is 14.2 Å². The molecule has 4 heteroatoms. The zero-order valence-electron chi connectivity index (χ0n) is 15.2. The quantitative estimate of drug-likeness (QED) is 0.785. The molecule has 0 saturated carbocycles. The molecular formula is C22H24O4. The second-order valence-corrected chi connectivity index (χ2v) is 7.14. The number of aryl methyl sites for hydroxylation is 1. The second kappa shape index (κ2) is 7.02. The van der Waals surface area contributed by atoms with E-state index in [2.05, 4.69) is 30.3 Å². The fraction of sp³-hybridized carbons (Fsp3) is 0.409. The zero-order chi connectivity index (χ0) is 18.1. The molecule has 1 heterocycles. The first-order valence-electron chi connectivity index (χ1n) is 9.17. The number of fused-ring (bicyclic) bond motifs is 2. The van der Waals surface area contributed by atoms with Crippen LogP contribution in [0.15, 0.2) is 42.5 Å². The van der Waals surface area contributed by atoms with E-state index in [1.165, 1.54) is 11.1 Å². The Balaban J connectivity index is 1.80. The van der Waals surface area contributed by atoms with Crippen LogP contribution in [-0.4, -0.2) is 26.8 Å². The van der Waals surface area contributed by atoms with Gasteiger partial charge in [-0.3, -0.25) is 4.79 Å². The number of esters is 1. The Hall–Kier alpha value is -2.49. The molecule has 4 rings (SSSR count). The third-order valence-corrected chi connectivity index (χ3v) is 5.83. The molecule has 0 radical (unpaired) electrons. The maximum absolute atomic E-state index is 12.3. The Bertz CT molecular complexity index is 814. The minimum Gasteiger partial charge on any atom is -0.493 e. The van der Waals surface area contributed by atoms with E-state index in [1.807, 2.05) is 12.1 Å². The van der Waals surface area contributed by atoms with Crippen molar-refractivity contribution in [3.05, 3.63) is 59.2 Å². The molecule has 1 saturated heterocycles. The van der Waals surface area contributed by atoms with E-state index >= 15 is 0 Å². The minimum absolute atomic E-state index is 0.0264. The number of benzene rings is 2. The van der Waals surface area contributed by atoms with E-state index in [-0.39, 0.29) is 17.8 Å². The standard InChI is InChI=1S/C22H24O4/c1-24-20-10-9-15(11-21(20)25-2)18-12-19-16(13-26-22(19)23)8-7-14-5-3-4-6-17(14)18/h3-6,9-11,16,18-19H,7-8,12-13H2,1-2H3/t16-,18+,19+/m1/s1. The summed E-state index contributed by atoms with van der Waals surface area (Å²) in [6.45, 7) is 0.560. The predicted molar refractivity (Wildman–Crippen MR) is 98.7 cm³/mol. The molecule has 0 bridgehead atoms. The van der Waals surface area contributed by atoms with Crippen molar-refractivity contribution >= 4 is 5.97 Å². The van der Waals surface area contributed by atoms with Crippen molar-refractivity contribution in [3.8, 4) is 11.5 Å². The van der Waals surface area contributed by atoms with Crippen LogP contribution >= 0.6 is 0 Å². The minimum atomic E-state index is -0.0418. The molecule has 1 aliphatic heterocycles. The van der Waals surface area contributed by atoms with Crippen LogP contribution in [0.25, 0.3) is 0 Å². The summed E-state index contributed by atoms with van der Waals surface area (Å²) in [5.41, 5.74) is 3.82. The van der Waals surface area contributed by atoms with Crippen LogP contribution in [0.4, 0.5) is 0 Å². The number of cyclic esters (lactones) is 1. The first-order chi connectivity index (χ1) is 12.7. The van der Waals surface area contributed by atoms with Crippen molar-refractivity contribution < 1.29 is 19.0 Å². The lowest BCUT2D eigenvalue weighted by Crippen LogP contribution is -2.23. The van der Waals surface area contributed by atoms with Gasteiger partial charge in [0.15, 0.2) is 11.5 Å². The van der Waals surface area contributed by atoms with Crippen LogP contribution in [0.2, 0.25) is 0 Å². The van der Waals surface area contributed by atoms with Crippen LogP contribution in [0, 0.1) is 11.8 Å². The number of methoxy groups -OCH3 is 2. The highest BCUT2D eigenvalue weighted by atomic mass is 16.5. The van der Waals surface area contributed by atoms with Gasteiger partial charge in [0.05, 0.1) is 26.7 Å². The highest BCUT2D eigenvalue weighted by Crippen LogP contribution is 2.43. The third-order valence-electron chi connectivity index (χ3n) is 5.83. The number of ether oxygens (including phenoxy) is 3. The average molecular weight is 352 g/mol. The van der Waals surface area contributed by atoms with Gasteiger partial charge in [-0.05, 0) is 48.1 Å². The smallest absolute Gasteiger partial charge is 0.309 e. The first kappa shape index (κ1) is 17.0. The lowest BCUT2D eigenvalue weighted by Gasteiger charge is -2.28. The molecule has 0 aromatic heterocycles. The van der Waals surface area contributed by atoms with E-state index in [4.69, 9.17) is 14.2 Å². The lowest BCUT2D eigenvalue weighted by molar-refractivity contribution is -0.141. The van der Waals surface area contributed by atoms with Crippen LogP contribution < -0.4 is 9.47 Å². The van der Waals surface area contributed by atoms with Crippen molar-refractivity contribution in [1.82, 2.24) is 0 Å². The van der Waals surface area contributed by atoms with E-state index < -0.39 is 0 Å². The maximum Gasteiger partial charge on any atom is 0.309 e. The number of carbonyl (C=O) groups is 1. The van der Waals surface area contributed by atoms with E-state index in [0.29, 0.717) is 18.3 Å². The molecule has 2 aromatic carbocycles. The zero-order valence-corrected chi connectivity index (χ0v) is 15.2. The lowest BCUT2D eigenvalue weighted by atomic mass is 9.74.